The lowest BCUT2D eigenvalue weighted by Gasteiger charge is -2.07. The van der Waals surface area contributed by atoms with Crippen molar-refractivity contribution in [1.82, 2.24) is 4.98 Å². The molecular formula is C20H19FN2O3S2. The van der Waals surface area contributed by atoms with E-state index < -0.39 is 0 Å². The van der Waals surface area contributed by atoms with Crippen LogP contribution >= 0.6 is 23.1 Å². The molecule has 1 amide bonds. The smallest absolute Gasteiger partial charge is 0.236 e. The van der Waals surface area contributed by atoms with Gasteiger partial charge in [-0.1, -0.05) is 0 Å². The first-order valence-corrected chi connectivity index (χ1v) is 10.5. The lowest BCUT2D eigenvalue weighted by Crippen LogP contribution is -2.15. The van der Waals surface area contributed by atoms with Crippen LogP contribution in [0, 0.1) is 5.82 Å². The van der Waals surface area contributed by atoms with Gasteiger partial charge in [-0.15, -0.1) is 23.1 Å². The highest BCUT2D eigenvalue weighted by atomic mass is 32.2. The van der Waals surface area contributed by atoms with Gasteiger partial charge in [0.15, 0.2) is 5.13 Å². The summed E-state index contributed by atoms with van der Waals surface area (Å²) < 4.78 is 23.7. The van der Waals surface area contributed by atoms with Crippen LogP contribution in [0.25, 0.3) is 11.3 Å². The number of carbonyl (C=O) groups is 1. The van der Waals surface area contributed by atoms with E-state index >= 15 is 0 Å². The molecule has 8 heteroatoms. The summed E-state index contributed by atoms with van der Waals surface area (Å²) in [6.45, 7) is 0.510. The van der Waals surface area contributed by atoms with E-state index in [2.05, 4.69) is 10.3 Å². The van der Waals surface area contributed by atoms with Gasteiger partial charge in [0.05, 0.1) is 25.2 Å². The Hall–Kier alpha value is -2.58. The first-order valence-electron chi connectivity index (χ1n) is 8.50. The summed E-state index contributed by atoms with van der Waals surface area (Å²) in [5.41, 5.74) is 1.52. The van der Waals surface area contributed by atoms with E-state index in [1.807, 2.05) is 29.6 Å². The van der Waals surface area contributed by atoms with Crippen LogP contribution < -0.4 is 14.8 Å². The van der Waals surface area contributed by atoms with Gasteiger partial charge in [0.2, 0.25) is 5.91 Å². The number of aromatic nitrogens is 1. The van der Waals surface area contributed by atoms with Gasteiger partial charge < -0.3 is 14.8 Å². The molecule has 3 rings (SSSR count). The highest BCUT2D eigenvalue weighted by Crippen LogP contribution is 2.25. The first-order chi connectivity index (χ1) is 13.6. The molecule has 1 heterocycles. The maximum Gasteiger partial charge on any atom is 0.236 e. The fourth-order valence-corrected chi connectivity index (χ4v) is 3.63. The van der Waals surface area contributed by atoms with Crippen LogP contribution in [0.4, 0.5) is 9.52 Å². The third-order valence-electron chi connectivity index (χ3n) is 3.68. The third kappa shape index (κ3) is 5.97. The van der Waals surface area contributed by atoms with Crippen LogP contribution in [-0.4, -0.2) is 36.1 Å². The molecule has 0 unspecified atom stereocenters. The highest BCUT2D eigenvalue weighted by molar-refractivity contribution is 7.99. The quantitative estimate of drug-likeness (QED) is 0.510. The van der Waals surface area contributed by atoms with Crippen molar-refractivity contribution in [3.8, 4) is 22.8 Å². The zero-order valence-electron chi connectivity index (χ0n) is 15.2. The number of benzene rings is 2. The van der Waals surface area contributed by atoms with Gasteiger partial charge in [0, 0.05) is 16.7 Å². The lowest BCUT2D eigenvalue weighted by molar-refractivity contribution is -0.113. The van der Waals surface area contributed by atoms with Crippen molar-refractivity contribution in [1.29, 1.82) is 0 Å². The Morgan fingerprint density at radius 1 is 1.14 bits per heavy atom. The fourth-order valence-electron chi connectivity index (χ4n) is 2.30. The molecule has 5 nitrogen and oxygen atoms in total. The van der Waals surface area contributed by atoms with E-state index in [9.17, 15) is 9.18 Å². The number of thiazole rings is 1. The summed E-state index contributed by atoms with van der Waals surface area (Å²) in [6.07, 6.45) is 0. The van der Waals surface area contributed by atoms with Crippen LogP contribution in [0.5, 0.6) is 11.5 Å². The van der Waals surface area contributed by atoms with E-state index in [4.69, 9.17) is 9.47 Å². The van der Waals surface area contributed by atoms with Gasteiger partial charge in [0.25, 0.3) is 0 Å². The largest absolute Gasteiger partial charge is 0.497 e. The summed E-state index contributed by atoms with van der Waals surface area (Å²) in [4.78, 5) is 16.4. The Kier molecular flexibility index (Phi) is 7.27. The molecule has 1 aromatic heterocycles. The number of thioether (sulfide) groups is 1. The minimum Gasteiger partial charge on any atom is -0.497 e. The van der Waals surface area contributed by atoms with Crippen molar-refractivity contribution in [2.24, 2.45) is 0 Å². The minimum atomic E-state index is -0.291. The summed E-state index contributed by atoms with van der Waals surface area (Å²) in [7, 11) is 1.62. The maximum absolute atomic E-state index is 13.0. The number of hydrogen-bond donors (Lipinski definition) is 1. The average molecular weight is 419 g/mol. The van der Waals surface area contributed by atoms with Gasteiger partial charge in [-0.25, -0.2) is 9.37 Å². The molecule has 0 saturated carbocycles. The molecule has 3 aromatic rings. The molecule has 0 fully saturated rings. The zero-order valence-corrected chi connectivity index (χ0v) is 16.8. The van der Waals surface area contributed by atoms with E-state index in [0.29, 0.717) is 28.9 Å². The van der Waals surface area contributed by atoms with Crippen molar-refractivity contribution in [3.63, 3.8) is 0 Å². The molecule has 0 radical (unpaired) electrons. The second-order valence-corrected chi connectivity index (χ2v) is 7.63. The topological polar surface area (TPSA) is 60.5 Å². The summed E-state index contributed by atoms with van der Waals surface area (Å²) in [6, 6.07) is 13.5. The number of carbonyl (C=O) groups excluding carboxylic acids is 1. The lowest BCUT2D eigenvalue weighted by atomic mass is 10.2. The third-order valence-corrected chi connectivity index (χ3v) is 5.36. The predicted molar refractivity (Wildman–Crippen MR) is 112 cm³/mol. The summed E-state index contributed by atoms with van der Waals surface area (Å²) in [5, 5.41) is 5.14. The monoisotopic (exact) mass is 418 g/mol. The van der Waals surface area contributed by atoms with Crippen LogP contribution in [0.2, 0.25) is 0 Å². The molecule has 0 aliphatic rings. The number of halogens is 1. The molecule has 0 aliphatic carbocycles. The molecule has 1 N–H and O–H groups in total. The Bertz CT molecular complexity index is 899. The van der Waals surface area contributed by atoms with Gasteiger partial charge in [-0.3, -0.25) is 4.79 Å². The normalized spacial score (nSPS) is 10.5. The average Bonchev–Trinajstić information content (AvgIpc) is 3.17. The SMILES string of the molecule is COc1ccc(OCCSCC(=O)Nc2nc(-c3ccc(F)cc3)cs2)cc1. The van der Waals surface area contributed by atoms with E-state index in [1.54, 1.807) is 19.2 Å². The zero-order chi connectivity index (χ0) is 19.8. The molecule has 0 bridgehead atoms. The number of amides is 1. The van der Waals surface area contributed by atoms with Crippen molar-refractivity contribution < 1.29 is 18.7 Å². The molecule has 0 aliphatic heterocycles. The van der Waals surface area contributed by atoms with Crippen LogP contribution in [-0.2, 0) is 4.79 Å². The van der Waals surface area contributed by atoms with Crippen LogP contribution in [0.3, 0.4) is 0 Å². The van der Waals surface area contributed by atoms with Gasteiger partial charge in [-0.2, -0.15) is 0 Å². The Morgan fingerprint density at radius 2 is 1.86 bits per heavy atom. The number of hydrogen-bond acceptors (Lipinski definition) is 6. The van der Waals surface area contributed by atoms with Crippen LogP contribution in [0.1, 0.15) is 0 Å². The van der Waals surface area contributed by atoms with Gasteiger partial charge in [0.1, 0.15) is 17.3 Å². The second-order valence-electron chi connectivity index (χ2n) is 5.67. The van der Waals surface area contributed by atoms with E-state index in [1.165, 1.54) is 35.2 Å². The standard InChI is InChI=1S/C20H19FN2O3S2/c1-25-16-6-8-17(9-7-16)26-10-11-27-13-19(24)23-20-22-18(12-28-20)14-2-4-15(21)5-3-14/h2-9,12H,10-11,13H2,1H3,(H,22,23,24). The molecular weight excluding hydrogens is 399 g/mol. The molecule has 2 aromatic carbocycles. The first kappa shape index (κ1) is 20.2. The number of methoxy groups -OCH3 is 1. The number of anilines is 1. The maximum atomic E-state index is 13.0. The van der Waals surface area contributed by atoms with Crippen LogP contribution in [0.15, 0.2) is 53.9 Å². The molecule has 0 saturated heterocycles. The number of nitrogens with zero attached hydrogens (tertiary/aromatic N) is 1. The Morgan fingerprint density at radius 3 is 2.57 bits per heavy atom. The predicted octanol–water partition coefficient (Wildman–Crippen LogP) is 4.71. The van der Waals surface area contributed by atoms with E-state index in [-0.39, 0.29) is 11.7 Å². The molecule has 0 spiro atoms. The van der Waals surface area contributed by atoms with Crippen molar-refractivity contribution in [2.45, 2.75) is 0 Å². The van der Waals surface area contributed by atoms with Crippen molar-refractivity contribution in [3.05, 3.63) is 59.7 Å². The molecule has 28 heavy (non-hydrogen) atoms. The highest BCUT2D eigenvalue weighted by Gasteiger charge is 2.08. The van der Waals surface area contributed by atoms with Crippen molar-refractivity contribution in [2.75, 3.05) is 30.5 Å². The minimum absolute atomic E-state index is 0.116. The van der Waals surface area contributed by atoms with E-state index in [0.717, 1.165) is 17.1 Å². The number of ether oxygens (including phenoxy) is 2. The van der Waals surface area contributed by atoms with Gasteiger partial charge >= 0.3 is 0 Å². The molecule has 0 atom stereocenters. The summed E-state index contributed by atoms with van der Waals surface area (Å²) >= 11 is 2.83. The Balaban J connectivity index is 1.37. The Labute approximate surface area is 170 Å². The van der Waals surface area contributed by atoms with Gasteiger partial charge in [-0.05, 0) is 48.5 Å². The molecule has 146 valence electrons. The summed E-state index contributed by atoms with van der Waals surface area (Å²) in [5.74, 6) is 2.15. The second kappa shape index (κ2) is 10.1. The number of nitrogens with one attached hydrogen (secondary N) is 1. The van der Waals surface area contributed by atoms with Crippen molar-refractivity contribution >= 4 is 34.1 Å². The number of rotatable bonds is 9. The fraction of sp³-hybridized carbons (Fsp3) is 0.200.